The lowest BCUT2D eigenvalue weighted by Gasteiger charge is -2.21. The van der Waals surface area contributed by atoms with Crippen LogP contribution in [0.2, 0.25) is 5.02 Å². The van der Waals surface area contributed by atoms with E-state index in [4.69, 9.17) is 30.8 Å². The number of hydrogen-bond donors (Lipinski definition) is 4. The minimum Gasteiger partial charge on any atom is -0.481 e. The number of methoxy groups -OCH3 is 2. The second-order valence-corrected chi connectivity index (χ2v) is 14.2. The second-order valence-electron chi connectivity index (χ2n) is 13.8. The lowest BCUT2D eigenvalue weighted by molar-refractivity contribution is -0.139. The van der Waals surface area contributed by atoms with Crippen molar-refractivity contribution in [2.45, 2.75) is 76.0 Å². The zero-order valence-corrected chi connectivity index (χ0v) is 31.1. The van der Waals surface area contributed by atoms with Gasteiger partial charge in [-0.1, -0.05) is 35.9 Å². The maximum Gasteiger partial charge on any atom is 0.421 e. The largest absolute Gasteiger partial charge is 0.481 e. The Labute approximate surface area is 320 Å². The van der Waals surface area contributed by atoms with Crippen molar-refractivity contribution in [2.75, 3.05) is 27.3 Å². The van der Waals surface area contributed by atoms with Crippen LogP contribution in [0.4, 0.5) is 13.2 Å². The number of aromatic nitrogens is 3. The maximum atomic E-state index is 14.5. The monoisotopic (exact) mass is 779 g/mol. The van der Waals surface area contributed by atoms with Crippen LogP contribution < -0.4 is 35.5 Å². The van der Waals surface area contributed by atoms with Crippen molar-refractivity contribution in [1.82, 2.24) is 36.2 Å². The molecule has 5 heterocycles. The van der Waals surface area contributed by atoms with Crippen molar-refractivity contribution >= 4 is 23.4 Å². The number of pyridine rings is 3. The van der Waals surface area contributed by atoms with E-state index in [2.05, 4.69) is 31.2 Å². The van der Waals surface area contributed by atoms with E-state index in [0.29, 0.717) is 85.2 Å². The van der Waals surface area contributed by atoms with Crippen LogP contribution in [0, 0.1) is 0 Å². The SMILES string of the molecule is COc1nc(-c2ccnc(-c3cccc4c3CC[C@@H]4Oc3nc(OC)c(CNC[C@H]4CCC(=O)N4)cc3C(F)(F)F)c2Cl)ccc1CNC[C@H]1CCC(=O)N1. The Kier molecular flexibility index (Phi) is 11.4. The molecule has 2 amide bonds. The maximum absolute atomic E-state index is 14.5. The Bertz CT molecular complexity index is 2080. The summed E-state index contributed by atoms with van der Waals surface area (Å²) in [5.41, 5.74) is 4.09. The van der Waals surface area contributed by atoms with Gasteiger partial charge in [0.05, 0.1) is 30.6 Å². The highest BCUT2D eigenvalue weighted by atomic mass is 35.5. The molecule has 1 aromatic carbocycles. The summed E-state index contributed by atoms with van der Waals surface area (Å²) in [4.78, 5) is 36.6. The molecule has 2 aliphatic heterocycles. The molecule has 55 heavy (non-hydrogen) atoms. The van der Waals surface area contributed by atoms with E-state index in [1.807, 2.05) is 24.3 Å². The van der Waals surface area contributed by atoms with E-state index in [9.17, 15) is 22.8 Å². The molecule has 16 heteroatoms. The van der Waals surface area contributed by atoms with Crippen LogP contribution in [0.1, 0.15) is 66.0 Å². The number of nitrogens with one attached hydrogen (secondary N) is 4. The van der Waals surface area contributed by atoms with Gasteiger partial charge in [0, 0.05) is 79.6 Å². The molecule has 0 radical (unpaired) electrons. The Balaban J connectivity index is 1.10. The lowest BCUT2D eigenvalue weighted by atomic mass is 9.98. The average Bonchev–Trinajstić information content (AvgIpc) is 3.91. The summed E-state index contributed by atoms with van der Waals surface area (Å²) >= 11 is 7.05. The number of hydrogen-bond acceptors (Lipinski definition) is 10. The van der Waals surface area contributed by atoms with Gasteiger partial charge in [-0.15, -0.1) is 0 Å². The first-order valence-corrected chi connectivity index (χ1v) is 18.5. The van der Waals surface area contributed by atoms with Crippen molar-refractivity contribution in [2.24, 2.45) is 0 Å². The summed E-state index contributed by atoms with van der Waals surface area (Å²) in [5, 5.41) is 12.6. The van der Waals surface area contributed by atoms with Gasteiger partial charge in [-0.3, -0.25) is 14.6 Å². The topological polar surface area (TPSA) is 149 Å². The standard InChI is InChI=1S/C39H41ClF3N7O5/c1-53-36-21(17-44-19-23-7-12-32(51)47-23)6-10-30(49-36)28-14-15-46-35(34(28)40)27-5-3-4-26-25(27)9-11-31(26)55-38-29(39(41,42)43)16-22(37(50-38)54-2)18-45-20-24-8-13-33(52)48-24/h3-6,10,14-16,23-24,31,44-45H,7-9,11-13,17-20H2,1-2H3,(H,47,51)(H,48,52)/t23-,24-,31+/m1/s1. The molecule has 4 aromatic rings. The van der Waals surface area contributed by atoms with Gasteiger partial charge < -0.3 is 35.5 Å². The van der Waals surface area contributed by atoms with Crippen LogP contribution in [0.25, 0.3) is 22.5 Å². The normalized spacial score (nSPS) is 19.3. The number of ether oxygens (including phenoxy) is 3. The van der Waals surface area contributed by atoms with Gasteiger partial charge >= 0.3 is 6.18 Å². The first-order chi connectivity index (χ1) is 26.5. The predicted molar refractivity (Wildman–Crippen MR) is 198 cm³/mol. The average molecular weight is 780 g/mol. The molecular weight excluding hydrogens is 739 g/mol. The first kappa shape index (κ1) is 38.3. The van der Waals surface area contributed by atoms with Gasteiger partial charge in [-0.25, -0.2) is 4.98 Å². The van der Waals surface area contributed by atoms with Gasteiger partial charge in [-0.2, -0.15) is 18.2 Å². The van der Waals surface area contributed by atoms with E-state index >= 15 is 0 Å². The van der Waals surface area contributed by atoms with Gasteiger partial charge in [0.1, 0.15) is 11.7 Å². The van der Waals surface area contributed by atoms with Crippen LogP contribution in [0.5, 0.6) is 17.6 Å². The highest BCUT2D eigenvalue weighted by molar-refractivity contribution is 6.35. The molecule has 1 aliphatic carbocycles. The van der Waals surface area contributed by atoms with Crippen LogP contribution >= 0.6 is 11.6 Å². The predicted octanol–water partition coefficient (Wildman–Crippen LogP) is 5.70. The fourth-order valence-electron chi connectivity index (χ4n) is 7.40. The summed E-state index contributed by atoms with van der Waals surface area (Å²) < 4.78 is 60.5. The van der Waals surface area contributed by atoms with Crippen molar-refractivity contribution in [3.63, 3.8) is 0 Å². The molecule has 0 saturated carbocycles. The number of carbonyl (C=O) groups is 2. The summed E-state index contributed by atoms with van der Waals surface area (Å²) in [6, 6.07) is 12.1. The van der Waals surface area contributed by atoms with Crippen LogP contribution in [-0.4, -0.2) is 66.2 Å². The number of halogens is 4. The molecule has 0 bridgehead atoms. The highest BCUT2D eigenvalue weighted by Crippen LogP contribution is 2.45. The molecule has 2 saturated heterocycles. The number of amides is 2. The Hall–Kier alpha value is -4.99. The van der Waals surface area contributed by atoms with E-state index < -0.39 is 23.7 Å². The van der Waals surface area contributed by atoms with Crippen molar-refractivity contribution in [1.29, 1.82) is 0 Å². The Morgan fingerprint density at radius 1 is 0.818 bits per heavy atom. The lowest BCUT2D eigenvalue weighted by Crippen LogP contribution is -2.35. The van der Waals surface area contributed by atoms with E-state index in [1.54, 1.807) is 25.4 Å². The number of carbonyl (C=O) groups excluding carboxylic acids is 2. The molecule has 0 unspecified atom stereocenters. The zero-order valence-electron chi connectivity index (χ0n) is 30.3. The number of fused-ring (bicyclic) bond motifs is 1. The number of nitrogens with zero attached hydrogens (tertiary/aromatic N) is 3. The smallest absolute Gasteiger partial charge is 0.421 e. The molecule has 3 aliphatic rings. The molecule has 4 N–H and O–H groups in total. The highest BCUT2D eigenvalue weighted by Gasteiger charge is 2.39. The minimum absolute atomic E-state index is 0.0133. The van der Waals surface area contributed by atoms with Crippen LogP contribution in [-0.2, 0) is 35.3 Å². The molecule has 3 aromatic heterocycles. The summed E-state index contributed by atoms with van der Waals surface area (Å²) in [6.45, 7) is 1.58. The van der Waals surface area contributed by atoms with Crippen molar-refractivity contribution in [3.8, 4) is 40.2 Å². The van der Waals surface area contributed by atoms with Crippen LogP contribution in [0.15, 0.2) is 48.7 Å². The van der Waals surface area contributed by atoms with E-state index in [0.717, 1.165) is 29.2 Å². The van der Waals surface area contributed by atoms with Gasteiger partial charge in [0.2, 0.25) is 29.5 Å². The van der Waals surface area contributed by atoms with E-state index in [-0.39, 0.29) is 41.9 Å². The molecule has 2 fully saturated rings. The molecular formula is C39H41ClF3N7O5. The third-order valence-corrected chi connectivity index (χ3v) is 10.5. The Morgan fingerprint density at radius 3 is 2.13 bits per heavy atom. The van der Waals surface area contributed by atoms with Crippen molar-refractivity contribution in [3.05, 3.63) is 81.5 Å². The molecule has 12 nitrogen and oxygen atoms in total. The fourth-order valence-corrected chi connectivity index (χ4v) is 7.71. The summed E-state index contributed by atoms with van der Waals surface area (Å²) in [5.74, 6) is -0.0998. The first-order valence-electron chi connectivity index (χ1n) is 18.1. The third-order valence-electron chi connectivity index (χ3n) is 10.1. The third kappa shape index (κ3) is 8.48. The molecule has 0 spiro atoms. The quantitative estimate of drug-likeness (QED) is 0.126. The number of rotatable bonds is 14. The van der Waals surface area contributed by atoms with Gasteiger partial charge in [0.15, 0.2) is 0 Å². The van der Waals surface area contributed by atoms with Crippen LogP contribution in [0.3, 0.4) is 0 Å². The molecule has 290 valence electrons. The van der Waals surface area contributed by atoms with Crippen molar-refractivity contribution < 1.29 is 37.0 Å². The van der Waals surface area contributed by atoms with E-state index in [1.165, 1.54) is 7.11 Å². The molecule has 3 atom stereocenters. The van der Waals surface area contributed by atoms with Gasteiger partial charge in [-0.05, 0) is 55.0 Å². The second kappa shape index (κ2) is 16.4. The summed E-state index contributed by atoms with van der Waals surface area (Å²) in [7, 11) is 2.90. The zero-order chi connectivity index (χ0) is 38.7. The number of benzene rings is 1. The number of alkyl halides is 3. The fraction of sp³-hybridized carbons (Fsp3) is 0.410. The molecule has 7 rings (SSSR count). The summed E-state index contributed by atoms with van der Waals surface area (Å²) in [6.07, 6.45) is -0.494. The van der Waals surface area contributed by atoms with Gasteiger partial charge in [0.25, 0.3) is 0 Å². The minimum atomic E-state index is -4.75. The Morgan fingerprint density at radius 2 is 1.49 bits per heavy atom.